The molecule has 0 fully saturated rings. The van der Waals surface area contributed by atoms with Gasteiger partial charge in [0.05, 0.1) is 0 Å². The number of aromatic carboxylic acids is 1. The molecule has 17 heavy (non-hydrogen) atoms. The molecule has 0 atom stereocenters. The van der Waals surface area contributed by atoms with Crippen LogP contribution in [0.3, 0.4) is 0 Å². The van der Waals surface area contributed by atoms with E-state index in [2.05, 4.69) is 4.98 Å². The number of nitrogens with zero attached hydrogens (tertiary/aromatic N) is 2. The van der Waals surface area contributed by atoms with Crippen molar-refractivity contribution < 1.29 is 14.6 Å². The smallest absolute Gasteiger partial charge is 0.356 e. The Morgan fingerprint density at radius 1 is 1.41 bits per heavy atom. The fourth-order valence-corrected chi connectivity index (χ4v) is 1.40. The Bertz CT molecular complexity index is 520. The van der Waals surface area contributed by atoms with E-state index in [1.165, 1.54) is 6.20 Å². The van der Waals surface area contributed by atoms with Crippen LogP contribution in [0.5, 0.6) is 11.8 Å². The fourth-order valence-electron chi connectivity index (χ4n) is 1.40. The van der Waals surface area contributed by atoms with Crippen LogP contribution in [0.25, 0.3) is 0 Å². The molecule has 2 aromatic rings. The SMILES string of the molecule is CCn1cc(C(=O)O)nc1Oc1ccccc1. The summed E-state index contributed by atoms with van der Waals surface area (Å²) in [5.41, 5.74) is -0.0159. The Kier molecular flexibility index (Phi) is 3.09. The van der Waals surface area contributed by atoms with Crippen LogP contribution in [0.4, 0.5) is 0 Å². The number of hydrogen-bond acceptors (Lipinski definition) is 3. The molecule has 0 spiro atoms. The van der Waals surface area contributed by atoms with Gasteiger partial charge in [0.2, 0.25) is 0 Å². The first kappa shape index (κ1) is 11.2. The van der Waals surface area contributed by atoms with Gasteiger partial charge >= 0.3 is 12.0 Å². The number of imidazole rings is 1. The number of carbonyl (C=O) groups is 1. The summed E-state index contributed by atoms with van der Waals surface area (Å²) < 4.78 is 7.17. The van der Waals surface area contributed by atoms with Gasteiger partial charge in [0.15, 0.2) is 5.69 Å². The lowest BCUT2D eigenvalue weighted by atomic mass is 10.3. The average molecular weight is 232 g/mol. The van der Waals surface area contributed by atoms with Gasteiger partial charge in [0, 0.05) is 12.7 Å². The van der Waals surface area contributed by atoms with Gasteiger partial charge in [-0.05, 0) is 19.1 Å². The molecule has 2 rings (SSSR count). The van der Waals surface area contributed by atoms with Crippen LogP contribution in [0.15, 0.2) is 36.5 Å². The third-order valence-electron chi connectivity index (χ3n) is 2.25. The van der Waals surface area contributed by atoms with Crippen molar-refractivity contribution in [2.45, 2.75) is 13.5 Å². The summed E-state index contributed by atoms with van der Waals surface area (Å²) in [5.74, 6) is -0.431. The molecule has 1 N–H and O–H groups in total. The molecule has 5 nitrogen and oxygen atoms in total. The van der Waals surface area contributed by atoms with Crippen LogP contribution in [-0.2, 0) is 6.54 Å². The topological polar surface area (TPSA) is 64.4 Å². The molecule has 5 heteroatoms. The highest BCUT2D eigenvalue weighted by molar-refractivity contribution is 5.85. The largest absolute Gasteiger partial charge is 0.476 e. The summed E-state index contributed by atoms with van der Waals surface area (Å²) in [4.78, 5) is 14.7. The summed E-state index contributed by atoms with van der Waals surface area (Å²) in [6.07, 6.45) is 1.46. The molecule has 0 unspecified atom stereocenters. The Hall–Kier alpha value is -2.30. The molecular weight excluding hydrogens is 220 g/mol. The monoisotopic (exact) mass is 232 g/mol. The number of rotatable bonds is 4. The van der Waals surface area contributed by atoms with Crippen LogP contribution < -0.4 is 4.74 Å². The van der Waals surface area contributed by atoms with Crippen LogP contribution in [0.1, 0.15) is 17.4 Å². The highest BCUT2D eigenvalue weighted by atomic mass is 16.5. The second-order valence-electron chi connectivity index (χ2n) is 3.41. The minimum Gasteiger partial charge on any atom is -0.476 e. The lowest BCUT2D eigenvalue weighted by Gasteiger charge is -2.05. The molecule has 0 saturated carbocycles. The van der Waals surface area contributed by atoms with Crippen molar-refractivity contribution in [2.24, 2.45) is 0 Å². The molecule has 0 saturated heterocycles. The van der Waals surface area contributed by atoms with Gasteiger partial charge in [0.25, 0.3) is 0 Å². The summed E-state index contributed by atoms with van der Waals surface area (Å²) in [6, 6.07) is 9.42. The van der Waals surface area contributed by atoms with E-state index in [0.717, 1.165) is 0 Å². The molecule has 0 radical (unpaired) electrons. The van der Waals surface area contributed by atoms with Crippen LogP contribution in [0, 0.1) is 0 Å². The molecular formula is C12H12N2O3. The molecule has 0 bridgehead atoms. The second-order valence-corrected chi connectivity index (χ2v) is 3.41. The average Bonchev–Trinajstić information content (AvgIpc) is 2.74. The number of para-hydroxylation sites is 1. The Labute approximate surface area is 98.3 Å². The summed E-state index contributed by atoms with van der Waals surface area (Å²) in [7, 11) is 0. The maximum atomic E-state index is 10.8. The minimum absolute atomic E-state index is 0.0159. The third kappa shape index (κ3) is 2.44. The zero-order valence-corrected chi connectivity index (χ0v) is 9.33. The molecule has 0 aliphatic heterocycles. The number of hydrogen-bond donors (Lipinski definition) is 1. The quantitative estimate of drug-likeness (QED) is 0.879. The molecule has 1 aromatic carbocycles. The lowest BCUT2D eigenvalue weighted by molar-refractivity contribution is 0.0690. The predicted octanol–water partition coefficient (Wildman–Crippen LogP) is 2.39. The van der Waals surface area contributed by atoms with E-state index >= 15 is 0 Å². The Balaban J connectivity index is 2.29. The third-order valence-corrected chi connectivity index (χ3v) is 2.25. The Morgan fingerprint density at radius 2 is 2.12 bits per heavy atom. The minimum atomic E-state index is -1.06. The van der Waals surface area contributed by atoms with Gasteiger partial charge in [-0.3, -0.25) is 0 Å². The van der Waals surface area contributed by atoms with Gasteiger partial charge in [0.1, 0.15) is 5.75 Å². The van der Waals surface area contributed by atoms with E-state index in [1.807, 2.05) is 25.1 Å². The Morgan fingerprint density at radius 3 is 2.71 bits per heavy atom. The normalized spacial score (nSPS) is 10.2. The van der Waals surface area contributed by atoms with Crippen molar-refractivity contribution in [1.82, 2.24) is 9.55 Å². The van der Waals surface area contributed by atoms with Crippen LogP contribution >= 0.6 is 0 Å². The maximum absolute atomic E-state index is 10.8. The second kappa shape index (κ2) is 4.69. The molecule has 0 aliphatic rings. The van der Waals surface area contributed by atoms with E-state index < -0.39 is 5.97 Å². The highest BCUT2D eigenvalue weighted by Crippen LogP contribution is 2.20. The van der Waals surface area contributed by atoms with Gasteiger partial charge < -0.3 is 14.4 Å². The fraction of sp³-hybridized carbons (Fsp3) is 0.167. The van der Waals surface area contributed by atoms with E-state index in [0.29, 0.717) is 12.3 Å². The van der Waals surface area contributed by atoms with Crippen molar-refractivity contribution in [2.75, 3.05) is 0 Å². The first-order valence-corrected chi connectivity index (χ1v) is 5.24. The zero-order chi connectivity index (χ0) is 12.3. The van der Waals surface area contributed by atoms with Crippen molar-refractivity contribution in [3.63, 3.8) is 0 Å². The van der Waals surface area contributed by atoms with Crippen molar-refractivity contribution in [3.8, 4) is 11.8 Å². The standard InChI is InChI=1S/C12H12N2O3/c1-2-14-8-10(11(15)16)13-12(14)17-9-6-4-3-5-7-9/h3-8H,2H2,1H3,(H,15,16). The summed E-state index contributed by atoms with van der Waals surface area (Å²) in [6.45, 7) is 2.49. The van der Waals surface area contributed by atoms with Crippen LogP contribution in [-0.4, -0.2) is 20.6 Å². The summed E-state index contributed by atoms with van der Waals surface area (Å²) >= 11 is 0. The first-order valence-electron chi connectivity index (χ1n) is 5.24. The lowest BCUT2D eigenvalue weighted by Crippen LogP contribution is -1.96. The molecule has 0 amide bonds. The number of ether oxygens (including phenoxy) is 1. The van der Waals surface area contributed by atoms with Crippen molar-refractivity contribution in [3.05, 3.63) is 42.2 Å². The maximum Gasteiger partial charge on any atom is 0.356 e. The van der Waals surface area contributed by atoms with Crippen LogP contribution in [0.2, 0.25) is 0 Å². The van der Waals surface area contributed by atoms with Gasteiger partial charge in [-0.2, -0.15) is 4.98 Å². The van der Waals surface area contributed by atoms with Gasteiger partial charge in [-0.25, -0.2) is 4.79 Å². The number of aromatic nitrogens is 2. The van der Waals surface area contributed by atoms with E-state index in [9.17, 15) is 4.79 Å². The van der Waals surface area contributed by atoms with Gasteiger partial charge in [-0.15, -0.1) is 0 Å². The van der Waals surface area contributed by atoms with Crippen molar-refractivity contribution in [1.29, 1.82) is 0 Å². The highest BCUT2D eigenvalue weighted by Gasteiger charge is 2.13. The van der Waals surface area contributed by atoms with Crippen molar-refractivity contribution >= 4 is 5.97 Å². The molecule has 88 valence electrons. The molecule has 1 aromatic heterocycles. The molecule has 0 aliphatic carbocycles. The predicted molar refractivity (Wildman–Crippen MR) is 61.4 cm³/mol. The van der Waals surface area contributed by atoms with E-state index in [-0.39, 0.29) is 11.7 Å². The zero-order valence-electron chi connectivity index (χ0n) is 9.33. The van der Waals surface area contributed by atoms with E-state index in [1.54, 1.807) is 16.7 Å². The number of benzene rings is 1. The summed E-state index contributed by atoms with van der Waals surface area (Å²) in [5, 5.41) is 8.85. The first-order chi connectivity index (χ1) is 8.20. The number of aryl methyl sites for hydroxylation is 1. The van der Waals surface area contributed by atoms with E-state index in [4.69, 9.17) is 9.84 Å². The molecule has 1 heterocycles. The van der Waals surface area contributed by atoms with Gasteiger partial charge in [-0.1, -0.05) is 18.2 Å². The number of carboxylic acid groups (broad SMARTS) is 1. The number of carboxylic acids is 1.